The van der Waals surface area contributed by atoms with Gasteiger partial charge in [-0.25, -0.2) is 0 Å². The Kier molecular flexibility index (Phi) is 5.30. The molecule has 2 heteroatoms. The molecule has 0 bridgehead atoms. The minimum absolute atomic E-state index is 0.782. The summed E-state index contributed by atoms with van der Waals surface area (Å²) >= 11 is 0. The number of rotatable bonds is 6. The van der Waals surface area contributed by atoms with E-state index in [1.54, 1.807) is 0 Å². The van der Waals surface area contributed by atoms with Crippen LogP contribution in [0.15, 0.2) is 0 Å². The summed E-state index contributed by atoms with van der Waals surface area (Å²) in [5, 5.41) is 3.62. The Hall–Kier alpha value is -0.0800. The topological polar surface area (TPSA) is 15.3 Å². The van der Waals surface area contributed by atoms with Crippen molar-refractivity contribution in [3.8, 4) is 0 Å². The molecule has 2 rings (SSSR count). The molecular formula is C15H30N2. The molecule has 0 amide bonds. The van der Waals surface area contributed by atoms with Crippen molar-refractivity contribution in [2.24, 2.45) is 0 Å². The third-order valence-corrected chi connectivity index (χ3v) is 4.48. The summed E-state index contributed by atoms with van der Waals surface area (Å²) < 4.78 is 0. The van der Waals surface area contributed by atoms with Gasteiger partial charge in [0, 0.05) is 18.1 Å². The predicted octanol–water partition coefficient (Wildman–Crippen LogP) is 3.17. The smallest absolute Gasteiger partial charge is 0.00702 e. The Morgan fingerprint density at radius 1 is 1.18 bits per heavy atom. The van der Waals surface area contributed by atoms with E-state index in [1.807, 2.05) is 0 Å². The molecule has 0 radical (unpaired) electrons. The van der Waals surface area contributed by atoms with Crippen molar-refractivity contribution in [2.75, 3.05) is 13.1 Å². The van der Waals surface area contributed by atoms with Crippen molar-refractivity contribution in [3.05, 3.63) is 0 Å². The van der Waals surface area contributed by atoms with E-state index in [0.717, 1.165) is 18.1 Å². The first-order valence-electron chi connectivity index (χ1n) is 7.76. The van der Waals surface area contributed by atoms with E-state index in [2.05, 4.69) is 24.1 Å². The Bertz CT molecular complexity index is 213. The van der Waals surface area contributed by atoms with Gasteiger partial charge < -0.3 is 5.32 Å². The van der Waals surface area contributed by atoms with Gasteiger partial charge in [-0.1, -0.05) is 12.8 Å². The van der Waals surface area contributed by atoms with Crippen LogP contribution >= 0.6 is 0 Å². The summed E-state index contributed by atoms with van der Waals surface area (Å²) in [4.78, 5) is 2.75. The van der Waals surface area contributed by atoms with Crippen LogP contribution in [0.25, 0.3) is 0 Å². The van der Waals surface area contributed by atoms with Gasteiger partial charge in [0.2, 0.25) is 0 Å². The second kappa shape index (κ2) is 6.75. The molecule has 2 unspecified atom stereocenters. The van der Waals surface area contributed by atoms with Gasteiger partial charge in [0.1, 0.15) is 0 Å². The first-order chi connectivity index (χ1) is 8.27. The van der Waals surface area contributed by atoms with Crippen LogP contribution in [0.3, 0.4) is 0 Å². The maximum absolute atomic E-state index is 3.62. The second-order valence-corrected chi connectivity index (χ2v) is 6.16. The lowest BCUT2D eigenvalue weighted by molar-refractivity contribution is 0.148. The Morgan fingerprint density at radius 2 is 2.00 bits per heavy atom. The molecule has 0 spiro atoms. The molecule has 1 aliphatic heterocycles. The molecular weight excluding hydrogens is 208 g/mol. The van der Waals surface area contributed by atoms with Crippen molar-refractivity contribution in [1.29, 1.82) is 0 Å². The minimum atomic E-state index is 0.782. The number of likely N-dealkylation sites (tertiary alicyclic amines) is 1. The van der Waals surface area contributed by atoms with E-state index in [-0.39, 0.29) is 0 Å². The first kappa shape index (κ1) is 13.4. The fourth-order valence-electron chi connectivity index (χ4n) is 3.11. The first-order valence-corrected chi connectivity index (χ1v) is 7.76. The van der Waals surface area contributed by atoms with Crippen molar-refractivity contribution < 1.29 is 0 Å². The largest absolute Gasteiger partial charge is 0.314 e. The number of hydrogen-bond donors (Lipinski definition) is 1. The van der Waals surface area contributed by atoms with Crippen molar-refractivity contribution in [2.45, 2.75) is 83.3 Å². The summed E-state index contributed by atoms with van der Waals surface area (Å²) in [6.45, 7) is 7.42. The Labute approximate surface area is 107 Å². The molecule has 17 heavy (non-hydrogen) atoms. The zero-order valence-corrected chi connectivity index (χ0v) is 11.8. The number of nitrogens with zero attached hydrogens (tertiary/aromatic N) is 1. The van der Waals surface area contributed by atoms with Crippen LogP contribution in [0.2, 0.25) is 0 Å². The highest BCUT2D eigenvalue weighted by molar-refractivity contribution is 4.81. The second-order valence-electron chi connectivity index (χ2n) is 6.16. The average molecular weight is 238 g/mol. The van der Waals surface area contributed by atoms with E-state index in [9.17, 15) is 0 Å². The highest BCUT2D eigenvalue weighted by Crippen LogP contribution is 2.21. The third kappa shape index (κ3) is 4.59. The molecule has 0 aromatic carbocycles. The summed E-state index contributed by atoms with van der Waals surface area (Å²) in [7, 11) is 0. The monoisotopic (exact) mass is 238 g/mol. The van der Waals surface area contributed by atoms with Crippen LogP contribution in [0.5, 0.6) is 0 Å². The third-order valence-electron chi connectivity index (χ3n) is 4.48. The van der Waals surface area contributed by atoms with Gasteiger partial charge >= 0.3 is 0 Å². The molecule has 1 aliphatic carbocycles. The van der Waals surface area contributed by atoms with E-state index in [1.165, 1.54) is 64.5 Å². The van der Waals surface area contributed by atoms with E-state index in [0.29, 0.717) is 0 Å². The standard InChI is InChI=1S/C15H30N2/c1-13-7-4-3-5-12-17(13)14(2)8-6-11-16-15-9-10-15/h13-16H,3-12H2,1-2H3. The number of nitrogens with one attached hydrogen (secondary N) is 1. The molecule has 1 N–H and O–H groups in total. The quantitative estimate of drug-likeness (QED) is 0.715. The lowest BCUT2D eigenvalue weighted by Crippen LogP contribution is -2.40. The summed E-state index contributed by atoms with van der Waals surface area (Å²) in [5.41, 5.74) is 0. The molecule has 1 heterocycles. The van der Waals surface area contributed by atoms with Crippen LogP contribution in [-0.2, 0) is 0 Å². The molecule has 100 valence electrons. The predicted molar refractivity (Wildman–Crippen MR) is 74.4 cm³/mol. The minimum Gasteiger partial charge on any atom is -0.314 e. The van der Waals surface area contributed by atoms with Crippen LogP contribution in [-0.4, -0.2) is 36.1 Å². The fourth-order valence-corrected chi connectivity index (χ4v) is 3.11. The maximum Gasteiger partial charge on any atom is 0.00702 e. The van der Waals surface area contributed by atoms with E-state index < -0.39 is 0 Å². The molecule has 2 atom stereocenters. The van der Waals surface area contributed by atoms with Gasteiger partial charge in [-0.2, -0.15) is 0 Å². The fraction of sp³-hybridized carbons (Fsp3) is 1.00. The molecule has 2 nitrogen and oxygen atoms in total. The summed E-state index contributed by atoms with van der Waals surface area (Å²) in [6, 6.07) is 2.47. The van der Waals surface area contributed by atoms with E-state index >= 15 is 0 Å². The highest BCUT2D eigenvalue weighted by atomic mass is 15.2. The van der Waals surface area contributed by atoms with Crippen LogP contribution in [0.4, 0.5) is 0 Å². The van der Waals surface area contributed by atoms with Gasteiger partial charge in [0.15, 0.2) is 0 Å². The molecule has 0 aromatic rings. The lowest BCUT2D eigenvalue weighted by Gasteiger charge is -2.33. The molecule has 1 saturated carbocycles. The van der Waals surface area contributed by atoms with Gasteiger partial charge in [-0.15, -0.1) is 0 Å². The molecule has 2 aliphatic rings. The highest BCUT2D eigenvalue weighted by Gasteiger charge is 2.22. The molecule has 0 aromatic heterocycles. The number of hydrogen-bond acceptors (Lipinski definition) is 2. The van der Waals surface area contributed by atoms with Crippen LogP contribution in [0, 0.1) is 0 Å². The molecule has 2 fully saturated rings. The van der Waals surface area contributed by atoms with Gasteiger partial charge in [-0.05, 0) is 65.5 Å². The lowest BCUT2D eigenvalue weighted by atomic mass is 10.1. The Balaban J connectivity index is 1.63. The summed E-state index contributed by atoms with van der Waals surface area (Å²) in [5.74, 6) is 0. The summed E-state index contributed by atoms with van der Waals surface area (Å²) in [6.07, 6.45) is 11.2. The van der Waals surface area contributed by atoms with Gasteiger partial charge in [0.05, 0.1) is 0 Å². The SMILES string of the molecule is CC1CCCCCN1C(C)CCCNC1CC1. The van der Waals surface area contributed by atoms with Gasteiger partial charge in [-0.3, -0.25) is 4.90 Å². The zero-order chi connectivity index (χ0) is 12.1. The maximum atomic E-state index is 3.62. The van der Waals surface area contributed by atoms with Crippen LogP contribution < -0.4 is 5.32 Å². The molecule has 1 saturated heterocycles. The Morgan fingerprint density at radius 3 is 2.76 bits per heavy atom. The van der Waals surface area contributed by atoms with E-state index in [4.69, 9.17) is 0 Å². The van der Waals surface area contributed by atoms with Crippen LogP contribution in [0.1, 0.15) is 65.2 Å². The van der Waals surface area contributed by atoms with Crippen molar-refractivity contribution >= 4 is 0 Å². The van der Waals surface area contributed by atoms with Crippen molar-refractivity contribution in [1.82, 2.24) is 10.2 Å². The average Bonchev–Trinajstić information content (AvgIpc) is 3.12. The zero-order valence-electron chi connectivity index (χ0n) is 11.8. The normalized spacial score (nSPS) is 28.9. The van der Waals surface area contributed by atoms with Crippen molar-refractivity contribution in [3.63, 3.8) is 0 Å². The van der Waals surface area contributed by atoms with Gasteiger partial charge in [0.25, 0.3) is 0 Å².